The van der Waals surface area contributed by atoms with Gasteiger partial charge in [-0.1, -0.05) is 32.9 Å². The van der Waals surface area contributed by atoms with Crippen LogP contribution in [0.2, 0.25) is 18.1 Å². The normalized spacial score (nSPS) is 26.0. The van der Waals surface area contributed by atoms with Gasteiger partial charge in [0.2, 0.25) is 0 Å². The first-order chi connectivity index (χ1) is 7.63. The summed E-state index contributed by atoms with van der Waals surface area (Å²) in [6.07, 6.45) is 6.12. The fraction of sp³-hybridized carbons (Fsp3) is 0.786. The zero-order chi connectivity index (χ0) is 13.3. The van der Waals surface area contributed by atoms with Crippen LogP contribution in [0.1, 0.15) is 40.5 Å². The molecule has 1 aliphatic rings. The van der Waals surface area contributed by atoms with Gasteiger partial charge in [0.05, 0.1) is 6.10 Å². The van der Waals surface area contributed by atoms with Crippen LogP contribution in [0.4, 0.5) is 0 Å². The van der Waals surface area contributed by atoms with E-state index < -0.39 is 8.32 Å². The van der Waals surface area contributed by atoms with Crippen LogP contribution in [-0.4, -0.2) is 20.2 Å². The molecule has 3 heteroatoms. The zero-order valence-electron chi connectivity index (χ0n) is 12.0. The predicted molar refractivity (Wildman–Crippen MR) is 74.6 cm³/mol. The van der Waals surface area contributed by atoms with Gasteiger partial charge < -0.3 is 4.43 Å². The van der Waals surface area contributed by atoms with E-state index in [0.717, 1.165) is 12.8 Å². The minimum absolute atomic E-state index is 0.138. The average Bonchev–Trinajstić information content (AvgIpc) is 2.15. The Morgan fingerprint density at radius 3 is 2.41 bits per heavy atom. The third-order valence-corrected chi connectivity index (χ3v) is 8.62. The molecule has 0 amide bonds. The lowest BCUT2D eigenvalue weighted by Crippen LogP contribution is -2.44. The van der Waals surface area contributed by atoms with Crippen molar-refractivity contribution in [1.82, 2.24) is 0 Å². The summed E-state index contributed by atoms with van der Waals surface area (Å²) in [6, 6.07) is 0. The van der Waals surface area contributed by atoms with Crippen molar-refractivity contribution < 1.29 is 9.22 Å². The van der Waals surface area contributed by atoms with Crippen LogP contribution < -0.4 is 0 Å². The Morgan fingerprint density at radius 1 is 1.35 bits per heavy atom. The molecular formula is C14H26O2Si. The molecule has 2 nitrogen and oxygen atoms in total. The fourth-order valence-electron chi connectivity index (χ4n) is 1.82. The van der Waals surface area contributed by atoms with Crippen LogP contribution in [0, 0.1) is 5.92 Å². The minimum Gasteiger partial charge on any atom is -0.411 e. The maximum absolute atomic E-state index is 11.4. The number of hydrogen-bond donors (Lipinski definition) is 0. The Balaban J connectivity index is 2.67. The van der Waals surface area contributed by atoms with Crippen LogP contribution in [-0.2, 0) is 9.22 Å². The van der Waals surface area contributed by atoms with Crippen molar-refractivity contribution in [2.45, 2.75) is 64.8 Å². The minimum atomic E-state index is -1.72. The molecule has 0 heterocycles. The lowest BCUT2D eigenvalue weighted by molar-refractivity contribution is -0.121. The molecule has 98 valence electrons. The quantitative estimate of drug-likeness (QED) is 0.563. The molecule has 0 N–H and O–H groups in total. The molecule has 1 aliphatic carbocycles. The van der Waals surface area contributed by atoms with E-state index in [2.05, 4.69) is 46.0 Å². The summed E-state index contributed by atoms with van der Waals surface area (Å²) in [4.78, 5) is 11.4. The Kier molecular flexibility index (Phi) is 4.36. The highest BCUT2D eigenvalue weighted by Crippen LogP contribution is 2.38. The summed E-state index contributed by atoms with van der Waals surface area (Å²) in [5.41, 5.74) is 0. The zero-order valence-corrected chi connectivity index (χ0v) is 13.0. The van der Waals surface area contributed by atoms with Crippen molar-refractivity contribution >= 4 is 14.1 Å². The smallest absolute Gasteiger partial charge is 0.192 e. The van der Waals surface area contributed by atoms with Crippen LogP contribution in [0.15, 0.2) is 12.2 Å². The number of allylic oxidation sites excluding steroid dienone is 1. The molecule has 0 unspecified atom stereocenters. The summed E-state index contributed by atoms with van der Waals surface area (Å²) in [7, 11) is -1.72. The molecule has 0 radical (unpaired) electrons. The van der Waals surface area contributed by atoms with Gasteiger partial charge in [0.25, 0.3) is 0 Å². The van der Waals surface area contributed by atoms with E-state index in [0.29, 0.717) is 0 Å². The Labute approximate surface area is 107 Å². The van der Waals surface area contributed by atoms with E-state index in [1.54, 1.807) is 6.92 Å². The molecule has 0 aliphatic heterocycles. The van der Waals surface area contributed by atoms with Gasteiger partial charge in [0.15, 0.2) is 8.32 Å². The molecule has 17 heavy (non-hydrogen) atoms. The van der Waals surface area contributed by atoms with Crippen molar-refractivity contribution in [3.05, 3.63) is 12.2 Å². The number of rotatable bonds is 3. The topological polar surface area (TPSA) is 26.3 Å². The summed E-state index contributed by atoms with van der Waals surface area (Å²) in [5.74, 6) is 0.452. The van der Waals surface area contributed by atoms with Gasteiger partial charge in [-0.05, 0) is 37.9 Å². The number of carbonyl (C=O) groups is 1. The maximum Gasteiger partial charge on any atom is 0.192 e. The van der Waals surface area contributed by atoms with Crippen LogP contribution in [0.5, 0.6) is 0 Å². The van der Waals surface area contributed by atoms with Crippen molar-refractivity contribution in [2.24, 2.45) is 5.92 Å². The highest BCUT2D eigenvalue weighted by molar-refractivity contribution is 6.74. The molecular weight excluding hydrogens is 228 g/mol. The molecule has 2 atom stereocenters. The SMILES string of the molecule is CC(=O)[C@@H]1CC=C[C@H](O[Si](C)(C)C(C)(C)C)C1. The first-order valence-electron chi connectivity index (χ1n) is 6.48. The molecule has 0 saturated carbocycles. The van der Waals surface area contributed by atoms with Crippen molar-refractivity contribution in [3.63, 3.8) is 0 Å². The first-order valence-corrected chi connectivity index (χ1v) is 9.39. The second-order valence-corrected chi connectivity index (χ2v) is 11.4. The highest BCUT2D eigenvalue weighted by Gasteiger charge is 2.39. The molecule has 0 aromatic heterocycles. The van der Waals surface area contributed by atoms with Crippen molar-refractivity contribution in [1.29, 1.82) is 0 Å². The molecule has 0 aromatic rings. The summed E-state index contributed by atoms with van der Waals surface area (Å²) < 4.78 is 6.32. The molecule has 0 saturated heterocycles. The van der Waals surface area contributed by atoms with Gasteiger partial charge in [-0.15, -0.1) is 0 Å². The number of carbonyl (C=O) groups excluding carboxylic acids is 1. The molecule has 0 bridgehead atoms. The molecule has 0 spiro atoms. The van der Waals surface area contributed by atoms with E-state index in [-0.39, 0.29) is 22.8 Å². The number of hydrogen-bond acceptors (Lipinski definition) is 2. The second kappa shape index (κ2) is 5.07. The largest absolute Gasteiger partial charge is 0.411 e. The van der Waals surface area contributed by atoms with Gasteiger partial charge in [-0.25, -0.2) is 0 Å². The highest BCUT2D eigenvalue weighted by atomic mass is 28.4. The van der Waals surface area contributed by atoms with Crippen LogP contribution in [0.25, 0.3) is 0 Å². The van der Waals surface area contributed by atoms with Gasteiger partial charge in [-0.3, -0.25) is 4.79 Å². The third-order valence-electron chi connectivity index (χ3n) is 4.12. The monoisotopic (exact) mass is 254 g/mol. The van der Waals surface area contributed by atoms with E-state index in [1.807, 2.05) is 0 Å². The Hall–Kier alpha value is -0.413. The third kappa shape index (κ3) is 3.78. The van der Waals surface area contributed by atoms with Crippen LogP contribution in [0.3, 0.4) is 0 Å². The first kappa shape index (κ1) is 14.6. The van der Waals surface area contributed by atoms with Gasteiger partial charge in [-0.2, -0.15) is 0 Å². The molecule has 0 aromatic carbocycles. The van der Waals surface area contributed by atoms with E-state index in [1.165, 1.54) is 0 Å². The fourth-order valence-corrected chi connectivity index (χ4v) is 3.11. The van der Waals surface area contributed by atoms with Crippen LogP contribution >= 0.6 is 0 Å². The van der Waals surface area contributed by atoms with Gasteiger partial charge >= 0.3 is 0 Å². The number of Topliss-reactive ketones (excluding diaryl/α,β-unsaturated/α-hetero) is 1. The Bertz CT molecular complexity index is 313. The lowest BCUT2D eigenvalue weighted by atomic mass is 9.90. The van der Waals surface area contributed by atoms with E-state index in [4.69, 9.17) is 4.43 Å². The number of ketones is 1. The second-order valence-electron chi connectivity index (χ2n) is 6.62. The van der Waals surface area contributed by atoms with Crippen molar-refractivity contribution in [3.8, 4) is 0 Å². The lowest BCUT2D eigenvalue weighted by Gasteiger charge is -2.40. The van der Waals surface area contributed by atoms with Gasteiger partial charge in [0.1, 0.15) is 5.78 Å². The maximum atomic E-state index is 11.4. The summed E-state index contributed by atoms with van der Waals surface area (Å²) in [6.45, 7) is 12.9. The van der Waals surface area contributed by atoms with E-state index >= 15 is 0 Å². The Morgan fingerprint density at radius 2 is 1.94 bits per heavy atom. The molecule has 1 rings (SSSR count). The van der Waals surface area contributed by atoms with E-state index in [9.17, 15) is 4.79 Å². The summed E-state index contributed by atoms with van der Waals surface area (Å²) in [5, 5.41) is 0.226. The summed E-state index contributed by atoms with van der Waals surface area (Å²) >= 11 is 0. The molecule has 0 fully saturated rings. The van der Waals surface area contributed by atoms with Gasteiger partial charge in [0, 0.05) is 5.92 Å². The predicted octanol–water partition coefficient (Wildman–Crippen LogP) is 3.93. The van der Waals surface area contributed by atoms with Crippen molar-refractivity contribution in [2.75, 3.05) is 0 Å². The average molecular weight is 254 g/mol. The standard InChI is InChI=1S/C14H26O2Si/c1-11(15)12-8-7-9-13(10-12)16-17(5,6)14(2,3)4/h7,9,12-13H,8,10H2,1-6H3/t12-,13+/m1/s1.